The van der Waals surface area contributed by atoms with E-state index in [4.69, 9.17) is 0 Å². The topological polar surface area (TPSA) is 94.1 Å². The highest BCUT2D eigenvalue weighted by Crippen LogP contribution is 2.15. The van der Waals surface area contributed by atoms with Gasteiger partial charge < -0.3 is 10.4 Å². The zero-order valence-corrected chi connectivity index (χ0v) is 15.5. The minimum atomic E-state index is -0.550. The Labute approximate surface area is 151 Å². The predicted octanol–water partition coefficient (Wildman–Crippen LogP) is 1.17. The van der Waals surface area contributed by atoms with E-state index in [0.717, 1.165) is 42.2 Å². The van der Waals surface area contributed by atoms with Gasteiger partial charge in [0.1, 0.15) is 0 Å². The Kier molecular flexibility index (Phi) is 5.82. The number of aromatic amines is 1. The molecule has 0 aliphatic carbocycles. The average Bonchev–Trinajstić information content (AvgIpc) is 3.20. The van der Waals surface area contributed by atoms with Crippen molar-refractivity contribution in [2.24, 2.45) is 0 Å². The molecule has 136 valence electrons. The minimum Gasteiger partial charge on any atom is -0.390 e. The number of hydrogen-bond donors (Lipinski definition) is 3. The monoisotopic (exact) mass is 363 g/mol. The molecule has 2 aromatic rings. The van der Waals surface area contributed by atoms with E-state index in [-0.39, 0.29) is 11.9 Å². The maximum Gasteiger partial charge on any atom is 0.220 e. The predicted molar refractivity (Wildman–Crippen MR) is 96.3 cm³/mol. The van der Waals surface area contributed by atoms with Crippen molar-refractivity contribution in [3.8, 4) is 0 Å². The Morgan fingerprint density at radius 2 is 2.36 bits per heavy atom. The van der Waals surface area contributed by atoms with Gasteiger partial charge in [0.25, 0.3) is 0 Å². The minimum absolute atomic E-state index is 0.0305. The van der Waals surface area contributed by atoms with Crippen LogP contribution in [0.5, 0.6) is 0 Å². The van der Waals surface area contributed by atoms with Crippen molar-refractivity contribution in [3.05, 3.63) is 33.5 Å². The Hall–Kier alpha value is -1.77. The zero-order chi connectivity index (χ0) is 17.8. The van der Waals surface area contributed by atoms with Gasteiger partial charge in [-0.15, -0.1) is 11.3 Å². The largest absolute Gasteiger partial charge is 0.390 e. The summed E-state index contributed by atoms with van der Waals surface area (Å²) >= 11 is 1.58. The van der Waals surface area contributed by atoms with Gasteiger partial charge in [0.05, 0.1) is 29.0 Å². The molecule has 2 atom stereocenters. The summed E-state index contributed by atoms with van der Waals surface area (Å²) in [6.45, 7) is 6.13. The lowest BCUT2D eigenvalue weighted by Gasteiger charge is -2.35. The molecule has 3 rings (SSSR count). The second-order valence-corrected chi connectivity index (χ2v) is 7.38. The maximum atomic E-state index is 12.2. The van der Waals surface area contributed by atoms with Gasteiger partial charge in [-0.2, -0.15) is 5.10 Å². The molecule has 25 heavy (non-hydrogen) atoms. The number of rotatable bonds is 6. The highest BCUT2D eigenvalue weighted by Gasteiger charge is 2.29. The third kappa shape index (κ3) is 4.65. The van der Waals surface area contributed by atoms with Crippen LogP contribution in [0.3, 0.4) is 0 Å². The second-order valence-electron chi connectivity index (χ2n) is 6.67. The van der Waals surface area contributed by atoms with Crippen LogP contribution in [0.1, 0.15) is 35.5 Å². The zero-order valence-electron chi connectivity index (χ0n) is 14.7. The van der Waals surface area contributed by atoms with E-state index < -0.39 is 6.10 Å². The summed E-state index contributed by atoms with van der Waals surface area (Å²) in [6, 6.07) is -0.179. The second kappa shape index (κ2) is 8.07. The molecule has 1 amide bonds. The first-order valence-electron chi connectivity index (χ1n) is 8.60. The molecule has 0 saturated carbocycles. The Morgan fingerprint density at radius 3 is 3.00 bits per heavy atom. The maximum absolute atomic E-state index is 12.2. The van der Waals surface area contributed by atoms with Crippen molar-refractivity contribution < 1.29 is 9.90 Å². The number of carbonyl (C=O) groups excluding carboxylic acids is 1. The number of likely N-dealkylation sites (tertiary alicyclic amines) is 1. The first-order chi connectivity index (χ1) is 12.0. The van der Waals surface area contributed by atoms with Gasteiger partial charge in [-0.05, 0) is 25.8 Å². The highest BCUT2D eigenvalue weighted by atomic mass is 32.1. The van der Waals surface area contributed by atoms with E-state index in [2.05, 4.69) is 25.4 Å². The van der Waals surface area contributed by atoms with Crippen LogP contribution in [-0.2, 0) is 17.8 Å². The van der Waals surface area contributed by atoms with Crippen molar-refractivity contribution in [1.82, 2.24) is 25.4 Å². The van der Waals surface area contributed by atoms with E-state index in [1.807, 2.05) is 24.7 Å². The molecule has 1 fully saturated rings. The van der Waals surface area contributed by atoms with Crippen molar-refractivity contribution in [3.63, 3.8) is 0 Å². The molecule has 2 aromatic heterocycles. The summed E-state index contributed by atoms with van der Waals surface area (Å²) < 4.78 is 0. The summed E-state index contributed by atoms with van der Waals surface area (Å²) in [5.74, 6) is -0.0305. The van der Waals surface area contributed by atoms with Crippen molar-refractivity contribution in [2.45, 2.75) is 51.8 Å². The molecule has 3 heterocycles. The van der Waals surface area contributed by atoms with Crippen LogP contribution >= 0.6 is 11.3 Å². The van der Waals surface area contributed by atoms with Gasteiger partial charge in [0, 0.05) is 43.5 Å². The average molecular weight is 363 g/mol. The first kappa shape index (κ1) is 18.0. The van der Waals surface area contributed by atoms with E-state index >= 15 is 0 Å². The molecule has 1 aliphatic rings. The fraction of sp³-hybridized carbons (Fsp3) is 0.588. The van der Waals surface area contributed by atoms with Gasteiger partial charge in [0.15, 0.2) is 0 Å². The van der Waals surface area contributed by atoms with E-state index in [1.165, 1.54) is 0 Å². The summed E-state index contributed by atoms with van der Waals surface area (Å²) in [4.78, 5) is 18.7. The molecule has 8 heteroatoms. The molecule has 0 unspecified atom stereocenters. The number of H-pyrrole nitrogens is 1. The van der Waals surface area contributed by atoms with Crippen LogP contribution < -0.4 is 5.32 Å². The lowest BCUT2D eigenvalue weighted by atomic mass is 10.0. The number of amides is 1. The first-order valence-corrected chi connectivity index (χ1v) is 9.54. The number of aromatic nitrogens is 3. The third-order valence-electron chi connectivity index (χ3n) is 4.82. The Morgan fingerprint density at radius 1 is 1.52 bits per heavy atom. The molecule has 3 N–H and O–H groups in total. The fourth-order valence-electron chi connectivity index (χ4n) is 3.14. The number of nitrogens with one attached hydrogen (secondary N) is 2. The van der Waals surface area contributed by atoms with Gasteiger partial charge in [-0.1, -0.05) is 0 Å². The van der Waals surface area contributed by atoms with Gasteiger partial charge in [-0.3, -0.25) is 14.8 Å². The van der Waals surface area contributed by atoms with Crippen LogP contribution in [0.15, 0.2) is 10.9 Å². The number of carbonyl (C=O) groups is 1. The standard InChI is InChI=1S/C17H25N5O2S/c1-11-12(2)20-21-14(11)3-4-17(24)19-15-5-6-22(8-16(15)23)7-13-9-25-10-18-13/h9-10,15-16,23H,3-8H2,1-2H3,(H,19,24)(H,20,21)/t15-,16-/m1/s1. The van der Waals surface area contributed by atoms with Crippen LogP contribution in [0.25, 0.3) is 0 Å². The van der Waals surface area contributed by atoms with Gasteiger partial charge in [0.2, 0.25) is 5.91 Å². The van der Waals surface area contributed by atoms with Crippen molar-refractivity contribution >= 4 is 17.2 Å². The number of thiazole rings is 1. The van der Waals surface area contributed by atoms with Crippen LogP contribution in [0.4, 0.5) is 0 Å². The number of aryl methyl sites for hydroxylation is 2. The molecular formula is C17H25N5O2S. The fourth-order valence-corrected chi connectivity index (χ4v) is 3.69. The quantitative estimate of drug-likeness (QED) is 0.716. The number of aliphatic hydroxyl groups excluding tert-OH is 1. The lowest BCUT2D eigenvalue weighted by Crippen LogP contribution is -2.53. The van der Waals surface area contributed by atoms with Gasteiger partial charge in [-0.25, -0.2) is 4.98 Å². The molecule has 1 saturated heterocycles. The summed E-state index contributed by atoms with van der Waals surface area (Å²) in [5, 5.41) is 22.5. The molecule has 1 aliphatic heterocycles. The third-order valence-corrected chi connectivity index (χ3v) is 5.46. The molecule has 0 radical (unpaired) electrons. The van der Waals surface area contributed by atoms with E-state index in [9.17, 15) is 9.90 Å². The highest BCUT2D eigenvalue weighted by molar-refractivity contribution is 7.07. The molecular weight excluding hydrogens is 338 g/mol. The summed E-state index contributed by atoms with van der Waals surface area (Å²) in [6.07, 6.45) is 1.20. The van der Waals surface area contributed by atoms with Crippen molar-refractivity contribution in [1.29, 1.82) is 0 Å². The number of nitrogens with zero attached hydrogens (tertiary/aromatic N) is 3. The lowest BCUT2D eigenvalue weighted by molar-refractivity contribution is -0.123. The normalized spacial score (nSPS) is 21.4. The number of aliphatic hydroxyl groups is 1. The Bertz CT molecular complexity index is 700. The summed E-state index contributed by atoms with van der Waals surface area (Å²) in [7, 11) is 0. The van der Waals surface area contributed by atoms with Crippen LogP contribution in [-0.4, -0.2) is 56.3 Å². The molecule has 7 nitrogen and oxygen atoms in total. The van der Waals surface area contributed by atoms with Crippen LogP contribution in [0, 0.1) is 13.8 Å². The molecule has 0 spiro atoms. The van der Waals surface area contributed by atoms with Gasteiger partial charge >= 0.3 is 0 Å². The van der Waals surface area contributed by atoms with Crippen molar-refractivity contribution in [2.75, 3.05) is 13.1 Å². The van der Waals surface area contributed by atoms with E-state index in [1.54, 1.807) is 11.3 Å². The SMILES string of the molecule is Cc1[nH]nc(CCC(=O)N[C@@H]2CCN(Cc3cscn3)C[C@H]2O)c1C. The number of hydrogen-bond acceptors (Lipinski definition) is 6. The number of β-amino-alcohol motifs (C(OH)–C–C–N with tert-alkyl or cyclic N) is 1. The number of piperidine rings is 1. The smallest absolute Gasteiger partial charge is 0.220 e. The molecule has 0 bridgehead atoms. The Balaban J connectivity index is 1.43. The van der Waals surface area contributed by atoms with E-state index in [0.29, 0.717) is 19.4 Å². The van der Waals surface area contributed by atoms with Crippen LogP contribution in [0.2, 0.25) is 0 Å². The summed E-state index contributed by atoms with van der Waals surface area (Å²) in [5.41, 5.74) is 5.94. The molecule has 0 aromatic carbocycles.